The van der Waals surface area contributed by atoms with Gasteiger partial charge in [-0.1, -0.05) is 0 Å². The molecule has 0 unspecified atom stereocenters. The third kappa shape index (κ3) is 2.44. The van der Waals surface area contributed by atoms with E-state index in [4.69, 9.17) is 0 Å². The second-order valence-electron chi connectivity index (χ2n) is 2.91. The average molecular weight is 163 g/mol. The van der Waals surface area contributed by atoms with Crippen molar-refractivity contribution in [1.82, 2.24) is 5.32 Å². The van der Waals surface area contributed by atoms with E-state index < -0.39 is 5.92 Å². The molecule has 4 heteroatoms. The molecule has 0 radical (unpaired) electrons. The molecule has 0 spiro atoms. The molecule has 0 aromatic rings. The zero-order valence-corrected chi connectivity index (χ0v) is 6.15. The van der Waals surface area contributed by atoms with Gasteiger partial charge in [-0.15, -0.1) is 0 Å². The largest absolute Gasteiger partial charge is 0.356 e. The van der Waals surface area contributed by atoms with Crippen LogP contribution in [-0.4, -0.2) is 18.4 Å². The lowest BCUT2D eigenvalue weighted by molar-refractivity contribution is -0.111. The van der Waals surface area contributed by atoms with Gasteiger partial charge in [-0.25, -0.2) is 8.78 Å². The molecule has 1 amide bonds. The normalized spacial score (nSPS) is 24.5. The van der Waals surface area contributed by atoms with Crippen LogP contribution in [0.15, 0.2) is 0 Å². The highest BCUT2D eigenvalue weighted by molar-refractivity contribution is 5.46. The molecule has 0 saturated heterocycles. The van der Waals surface area contributed by atoms with Crippen molar-refractivity contribution in [3.63, 3.8) is 0 Å². The Morgan fingerprint density at radius 2 is 1.91 bits per heavy atom. The molecule has 1 N–H and O–H groups in total. The van der Waals surface area contributed by atoms with Crippen LogP contribution in [0.25, 0.3) is 0 Å². The van der Waals surface area contributed by atoms with Crippen LogP contribution >= 0.6 is 0 Å². The summed E-state index contributed by atoms with van der Waals surface area (Å²) in [5, 5.41) is 2.51. The Bertz CT molecular complexity index is 139. The van der Waals surface area contributed by atoms with Gasteiger partial charge in [0.15, 0.2) is 0 Å². The lowest BCUT2D eigenvalue weighted by atomic mass is 9.92. The lowest BCUT2D eigenvalue weighted by Crippen LogP contribution is -2.36. The lowest BCUT2D eigenvalue weighted by Gasteiger charge is -2.27. The zero-order chi connectivity index (χ0) is 8.32. The van der Waals surface area contributed by atoms with E-state index in [0.717, 1.165) is 0 Å². The van der Waals surface area contributed by atoms with E-state index in [0.29, 0.717) is 19.3 Å². The van der Waals surface area contributed by atoms with Gasteiger partial charge in [-0.2, -0.15) is 0 Å². The standard InChI is InChI=1S/C7H11F2NO/c8-7(9)3-1-6(2-4-7)10-5-11/h5-6H,1-4H2,(H,10,11). The number of rotatable bonds is 2. The van der Waals surface area contributed by atoms with Crippen LogP contribution in [0, 0.1) is 0 Å². The predicted molar refractivity (Wildman–Crippen MR) is 36.4 cm³/mol. The maximum atomic E-state index is 12.5. The van der Waals surface area contributed by atoms with Crippen LogP contribution in [0.3, 0.4) is 0 Å². The number of amides is 1. The Balaban J connectivity index is 2.30. The minimum Gasteiger partial charge on any atom is -0.356 e. The van der Waals surface area contributed by atoms with Gasteiger partial charge in [-0.3, -0.25) is 4.79 Å². The fourth-order valence-corrected chi connectivity index (χ4v) is 1.30. The number of carbonyl (C=O) groups excluding carboxylic acids is 1. The molecular formula is C7H11F2NO. The van der Waals surface area contributed by atoms with Crippen LogP contribution in [0.1, 0.15) is 25.7 Å². The van der Waals surface area contributed by atoms with Crippen LogP contribution < -0.4 is 5.32 Å². The van der Waals surface area contributed by atoms with Crippen LogP contribution in [-0.2, 0) is 4.79 Å². The Labute approximate surface area is 64.0 Å². The van der Waals surface area contributed by atoms with E-state index in [9.17, 15) is 13.6 Å². The summed E-state index contributed by atoms with van der Waals surface area (Å²) in [7, 11) is 0. The molecule has 0 atom stereocenters. The first kappa shape index (κ1) is 8.43. The molecule has 1 rings (SSSR count). The fraction of sp³-hybridized carbons (Fsp3) is 0.857. The molecule has 0 aromatic carbocycles. The summed E-state index contributed by atoms with van der Waals surface area (Å²) in [6, 6.07) is -0.0351. The average Bonchev–Trinajstić information content (AvgIpc) is 1.94. The van der Waals surface area contributed by atoms with Gasteiger partial charge < -0.3 is 5.32 Å². The molecule has 0 aromatic heterocycles. The summed E-state index contributed by atoms with van der Waals surface area (Å²) in [5.74, 6) is -2.50. The summed E-state index contributed by atoms with van der Waals surface area (Å²) >= 11 is 0. The Morgan fingerprint density at radius 3 is 2.36 bits per heavy atom. The molecular weight excluding hydrogens is 152 g/mol. The molecule has 1 fully saturated rings. The van der Waals surface area contributed by atoms with Crippen molar-refractivity contribution >= 4 is 6.41 Å². The van der Waals surface area contributed by atoms with E-state index in [-0.39, 0.29) is 18.9 Å². The Morgan fingerprint density at radius 1 is 1.36 bits per heavy atom. The van der Waals surface area contributed by atoms with E-state index >= 15 is 0 Å². The van der Waals surface area contributed by atoms with Gasteiger partial charge in [-0.05, 0) is 12.8 Å². The van der Waals surface area contributed by atoms with Crippen molar-refractivity contribution in [2.24, 2.45) is 0 Å². The highest BCUT2D eigenvalue weighted by atomic mass is 19.3. The highest BCUT2D eigenvalue weighted by Crippen LogP contribution is 2.32. The fourth-order valence-electron chi connectivity index (χ4n) is 1.30. The minimum absolute atomic E-state index is 0.0351. The molecule has 0 bridgehead atoms. The van der Waals surface area contributed by atoms with Crippen molar-refractivity contribution in [2.75, 3.05) is 0 Å². The molecule has 64 valence electrons. The van der Waals surface area contributed by atoms with Crippen molar-refractivity contribution < 1.29 is 13.6 Å². The Kier molecular flexibility index (Phi) is 2.42. The van der Waals surface area contributed by atoms with Crippen molar-refractivity contribution in [1.29, 1.82) is 0 Å². The summed E-state index contributed by atoms with van der Waals surface area (Å²) < 4.78 is 25.0. The Hall–Kier alpha value is -0.670. The first-order valence-corrected chi connectivity index (χ1v) is 3.71. The summed E-state index contributed by atoms with van der Waals surface area (Å²) in [6.45, 7) is 0. The number of nitrogens with one attached hydrogen (secondary N) is 1. The third-order valence-corrected chi connectivity index (χ3v) is 2.02. The number of halogens is 2. The second kappa shape index (κ2) is 3.15. The van der Waals surface area contributed by atoms with Crippen molar-refractivity contribution in [3.05, 3.63) is 0 Å². The maximum Gasteiger partial charge on any atom is 0.248 e. The molecule has 2 nitrogen and oxygen atoms in total. The quantitative estimate of drug-likeness (QED) is 0.611. The second-order valence-corrected chi connectivity index (χ2v) is 2.91. The highest BCUT2D eigenvalue weighted by Gasteiger charge is 2.34. The molecule has 0 heterocycles. The maximum absolute atomic E-state index is 12.5. The van der Waals surface area contributed by atoms with Gasteiger partial charge in [0.25, 0.3) is 0 Å². The van der Waals surface area contributed by atoms with Gasteiger partial charge in [0, 0.05) is 18.9 Å². The predicted octanol–water partition coefficient (Wildman–Crippen LogP) is 1.31. The first-order valence-electron chi connectivity index (χ1n) is 3.71. The molecule has 1 saturated carbocycles. The summed E-state index contributed by atoms with van der Waals surface area (Å²) in [4.78, 5) is 9.94. The smallest absolute Gasteiger partial charge is 0.248 e. The third-order valence-electron chi connectivity index (χ3n) is 2.02. The van der Waals surface area contributed by atoms with E-state index in [2.05, 4.69) is 5.32 Å². The van der Waals surface area contributed by atoms with Crippen LogP contribution in [0.4, 0.5) is 8.78 Å². The monoisotopic (exact) mass is 163 g/mol. The molecule has 11 heavy (non-hydrogen) atoms. The van der Waals surface area contributed by atoms with Crippen LogP contribution in [0.2, 0.25) is 0 Å². The topological polar surface area (TPSA) is 29.1 Å². The molecule has 1 aliphatic carbocycles. The zero-order valence-electron chi connectivity index (χ0n) is 6.15. The summed E-state index contributed by atoms with van der Waals surface area (Å²) in [5.41, 5.74) is 0. The van der Waals surface area contributed by atoms with Gasteiger partial charge in [0.1, 0.15) is 0 Å². The number of alkyl halides is 2. The number of hydrogen-bond donors (Lipinski definition) is 1. The van der Waals surface area contributed by atoms with Crippen LogP contribution in [0.5, 0.6) is 0 Å². The van der Waals surface area contributed by atoms with Gasteiger partial charge in [0.2, 0.25) is 12.3 Å². The molecule has 1 aliphatic rings. The van der Waals surface area contributed by atoms with Gasteiger partial charge in [0.05, 0.1) is 0 Å². The summed E-state index contributed by atoms with van der Waals surface area (Å²) in [6.07, 6.45) is 1.17. The minimum atomic E-state index is -2.50. The number of carbonyl (C=O) groups is 1. The van der Waals surface area contributed by atoms with E-state index in [1.165, 1.54) is 0 Å². The van der Waals surface area contributed by atoms with Gasteiger partial charge >= 0.3 is 0 Å². The van der Waals surface area contributed by atoms with E-state index in [1.807, 2.05) is 0 Å². The molecule has 0 aliphatic heterocycles. The van der Waals surface area contributed by atoms with E-state index in [1.54, 1.807) is 0 Å². The van der Waals surface area contributed by atoms with Crippen molar-refractivity contribution in [3.8, 4) is 0 Å². The first-order chi connectivity index (χ1) is 5.14. The van der Waals surface area contributed by atoms with Crippen molar-refractivity contribution in [2.45, 2.75) is 37.6 Å². The number of hydrogen-bond acceptors (Lipinski definition) is 1. The SMILES string of the molecule is O=CNC1CCC(F)(F)CC1.